The van der Waals surface area contributed by atoms with Gasteiger partial charge in [0.1, 0.15) is 56.3 Å². The van der Waals surface area contributed by atoms with Crippen molar-refractivity contribution in [2.24, 2.45) is 41.2 Å². The average molecular weight is 1680 g/mol. The molecular weight excluding hydrogens is 1600 g/mol. The highest BCUT2D eigenvalue weighted by Gasteiger charge is 2.79. The van der Waals surface area contributed by atoms with Gasteiger partial charge < -0.3 is 79.4 Å². The van der Waals surface area contributed by atoms with Crippen molar-refractivity contribution in [2.45, 2.75) is 51.4 Å². The molecule has 3 aromatic heterocycles. The van der Waals surface area contributed by atoms with E-state index in [2.05, 4.69) is 62.7 Å². The van der Waals surface area contributed by atoms with Gasteiger partial charge in [-0.3, -0.25) is 0 Å². The highest BCUT2D eigenvalue weighted by atomic mass is 79.9. The van der Waals surface area contributed by atoms with Crippen LogP contribution in [-0.4, -0.2) is 151 Å². The van der Waals surface area contributed by atoms with Gasteiger partial charge in [-0.1, -0.05) is 210 Å². The van der Waals surface area contributed by atoms with E-state index in [9.17, 15) is 30.6 Å². The van der Waals surface area contributed by atoms with E-state index in [1.54, 1.807) is 18.2 Å². The Morgan fingerprint density at radius 3 is 0.914 bits per heavy atom. The lowest BCUT2D eigenvalue weighted by atomic mass is 9.70. The Bertz CT molecular complexity index is 4370. The van der Waals surface area contributed by atoms with E-state index in [0.717, 1.165) is 46.8 Å². The quantitative estimate of drug-likeness (QED) is 0.0418. The molecule has 105 heavy (non-hydrogen) atoms. The van der Waals surface area contributed by atoms with E-state index in [1.807, 2.05) is 209 Å². The van der Waals surface area contributed by atoms with Crippen LogP contribution in [0.3, 0.4) is 0 Å². The van der Waals surface area contributed by atoms with Crippen LogP contribution in [0.2, 0.25) is 15.5 Å². The maximum atomic E-state index is 13.1. The van der Waals surface area contributed by atoms with Crippen molar-refractivity contribution in [1.29, 1.82) is 0 Å². The van der Waals surface area contributed by atoms with Gasteiger partial charge >= 0.3 is 0 Å². The van der Waals surface area contributed by atoms with Gasteiger partial charge in [-0.05, 0) is 105 Å². The molecule has 3 fully saturated rings. The van der Waals surface area contributed by atoms with E-state index in [-0.39, 0.29) is 89.1 Å². The maximum absolute atomic E-state index is 13.1. The van der Waals surface area contributed by atoms with Crippen molar-refractivity contribution in [3.63, 3.8) is 0 Å². The van der Waals surface area contributed by atoms with Gasteiger partial charge in [0.25, 0.3) is 0 Å². The van der Waals surface area contributed by atoms with Gasteiger partial charge in [-0.25, -0.2) is 15.0 Å². The first-order valence-corrected chi connectivity index (χ1v) is 37.5. The summed E-state index contributed by atoms with van der Waals surface area (Å²) in [6, 6.07) is 57.8. The molecule has 3 aliphatic carbocycles. The van der Waals surface area contributed by atoms with Crippen LogP contribution in [0, 0.1) is 35.5 Å². The zero-order valence-electron chi connectivity index (χ0n) is 58.6. The van der Waals surface area contributed by atoms with Crippen LogP contribution in [0.25, 0.3) is 0 Å². The number of ether oxygens (including phenoxy) is 6. The minimum absolute atomic E-state index is 0.123. The normalized spacial score (nSPS) is 28.8. The summed E-state index contributed by atoms with van der Waals surface area (Å²) in [7, 11) is 12.3. The second-order valence-corrected chi connectivity index (χ2v) is 31.5. The van der Waals surface area contributed by atoms with Crippen LogP contribution >= 0.6 is 82.6 Å². The summed E-state index contributed by atoms with van der Waals surface area (Å²) in [6.07, 6.45) is 0. The van der Waals surface area contributed by atoms with Gasteiger partial charge in [-0.15, -0.1) is 0 Å². The molecule has 0 radical (unpaired) electrons. The van der Waals surface area contributed by atoms with E-state index in [4.69, 9.17) is 73.8 Å². The summed E-state index contributed by atoms with van der Waals surface area (Å²) in [4.78, 5) is 25.2. The Morgan fingerprint density at radius 1 is 0.438 bits per heavy atom. The summed E-state index contributed by atoms with van der Waals surface area (Å²) in [5, 5.41) is 71.7. The number of rotatable bonds is 17. The zero-order chi connectivity index (χ0) is 75.3. The molecule has 3 saturated carbocycles. The monoisotopic (exact) mass is 1680 g/mol. The number of methoxy groups -OCH3 is 3. The second kappa shape index (κ2) is 31.0. The van der Waals surface area contributed by atoms with Crippen LogP contribution < -0.4 is 34.2 Å². The van der Waals surface area contributed by atoms with Crippen LogP contribution in [0.15, 0.2) is 195 Å². The third kappa shape index (κ3) is 12.3. The Labute approximate surface area is 650 Å². The Hall–Kier alpha value is -6.81. The van der Waals surface area contributed by atoms with Gasteiger partial charge in [0.2, 0.25) is 17.6 Å². The zero-order valence-corrected chi connectivity index (χ0v) is 65.6. The van der Waals surface area contributed by atoms with E-state index < -0.39 is 57.3 Å². The molecule has 25 heteroatoms. The summed E-state index contributed by atoms with van der Waals surface area (Å²) >= 11 is 29.5. The number of pyridine rings is 3. The molecule has 552 valence electrons. The Kier molecular flexibility index (Phi) is 23.0. The summed E-state index contributed by atoms with van der Waals surface area (Å²) in [5.74, 6) is -1.65. The molecule has 19 nitrogen and oxygen atoms in total. The van der Waals surface area contributed by atoms with Crippen molar-refractivity contribution < 1.29 is 63.9 Å². The van der Waals surface area contributed by atoms with Gasteiger partial charge in [0, 0.05) is 118 Å². The second-order valence-electron chi connectivity index (χ2n) is 27.6. The third-order valence-corrected chi connectivity index (χ3v) is 24.2. The average Bonchev–Trinajstić information content (AvgIpc) is 1.51. The molecule has 8 N–H and O–H groups in total. The molecule has 6 aliphatic rings. The molecule has 6 heterocycles. The molecule has 9 aromatic rings. The number of nitrogens with zero attached hydrogens (tertiary/aromatic N) is 5. The number of hydrogen-bond donors (Lipinski definition) is 7. The molecule has 0 spiro atoms. The Morgan fingerprint density at radius 2 is 0.686 bits per heavy atom. The number of carbonyl (C=O) groups is 1. The van der Waals surface area contributed by atoms with Crippen LogP contribution in [0.4, 0.5) is 0 Å². The van der Waals surface area contributed by atoms with E-state index in [1.165, 1.54) is 21.3 Å². The topological polar surface area (TPSA) is 265 Å². The predicted octanol–water partition coefficient (Wildman–Crippen LogP) is 12.9. The predicted molar refractivity (Wildman–Crippen MR) is 411 cm³/mol. The molecule has 15 rings (SSSR count). The number of halogens is 6. The number of aliphatic hydroxyl groups is 6. The van der Waals surface area contributed by atoms with Crippen molar-refractivity contribution in [3.05, 3.63) is 261 Å². The standard InChI is InChI=1S/2C27H28BrClN2O4.C25H24BrClN2O4.CH2O/c2*1-31(2)14-20-19(15-32)23(16-7-5-4-6-8-16)27(17-9-11-18(28)12-10-17)26(20,33)24-21(35-27)13-22(29)30-25(24)34-3;1-32-23-22-19(11-20(27)29-23)33-25(15-7-9-16(26)10-8-15)21(14-5-3-2-4-6-14)17(13-30)18(12-28)24(22,25)31;1-2/h2*4-13,19-20,23,32-33H,14-15H2,1-3H3;2-11,17-18,21,30-31H,12-13,28H2,1H3;1H2/t2*19-,20-,23+,26+,27-;17-,18-,21+,24+,25-;/m000./s1. The fourth-order valence-corrected chi connectivity index (χ4v) is 19.9. The highest BCUT2D eigenvalue weighted by molar-refractivity contribution is 9.11. The molecule has 0 unspecified atom stereocenters. The number of carbonyl (C=O) groups excluding carboxylic acids is 1. The van der Waals surface area contributed by atoms with Crippen molar-refractivity contribution in [3.8, 4) is 34.9 Å². The molecule has 15 atom stereocenters. The number of benzene rings is 6. The molecule has 6 aromatic carbocycles. The smallest absolute Gasteiger partial charge is 0.224 e. The largest absolute Gasteiger partial charge is 0.481 e. The molecule has 0 saturated heterocycles. The van der Waals surface area contributed by atoms with Crippen molar-refractivity contribution in [1.82, 2.24) is 24.8 Å². The van der Waals surface area contributed by atoms with Gasteiger partial charge in [-0.2, -0.15) is 0 Å². The number of aliphatic hydroxyl groups excluding tert-OH is 3. The number of nitrogens with two attached hydrogens (primary N) is 1. The number of fused-ring (bicyclic) bond motifs is 9. The van der Waals surface area contributed by atoms with Crippen molar-refractivity contribution in [2.75, 3.05) is 89.0 Å². The fourth-order valence-electron chi connectivity index (χ4n) is 18.5. The summed E-state index contributed by atoms with van der Waals surface area (Å²) < 4.78 is 40.1. The lowest BCUT2D eigenvalue weighted by Gasteiger charge is -2.42. The van der Waals surface area contributed by atoms with Crippen LogP contribution in [0.1, 0.15) is 67.8 Å². The highest BCUT2D eigenvalue weighted by Crippen LogP contribution is 2.75. The maximum Gasteiger partial charge on any atom is 0.224 e. The van der Waals surface area contributed by atoms with Crippen LogP contribution in [0.5, 0.6) is 34.9 Å². The SMILES string of the molecule is C=O.COc1nc(Cl)cc2c1[C@]1(O)[C@@H](CN(C)C)[C@H](CO)[C@@H](c3ccccc3)[C@]1(c1ccc(Br)cc1)O2.COc1nc(Cl)cc2c1[C@]1(O)[C@@H](CN(C)C)[C@H](CO)[C@@H](c3ccccc3)[C@]1(c1ccc(Br)cc1)O2.COc1nc(Cl)cc2c1[C@]1(O)[C@@H](CN)[C@H](CO)[C@@H](c3ccccc3)[C@]1(c1ccc(Br)cc1)O2. The van der Waals surface area contributed by atoms with Gasteiger partial charge in [0.15, 0.2) is 16.8 Å². The first-order chi connectivity index (χ1) is 50.5. The fraction of sp³-hybridized carbons (Fsp3) is 0.350. The molecular formula is C80H82Br3Cl3N6O13. The Balaban J connectivity index is 0.000000146. The minimum Gasteiger partial charge on any atom is -0.481 e. The van der Waals surface area contributed by atoms with Gasteiger partial charge in [0.05, 0.1) is 38.0 Å². The lowest BCUT2D eigenvalue weighted by molar-refractivity contribution is -0.131. The summed E-state index contributed by atoms with van der Waals surface area (Å²) in [5.41, 5.74) is 4.27. The molecule has 3 aliphatic heterocycles. The first-order valence-electron chi connectivity index (χ1n) is 34.0. The first kappa shape index (κ1) is 77.8. The number of aromatic nitrogens is 3. The summed E-state index contributed by atoms with van der Waals surface area (Å²) in [6.45, 7) is 2.72. The van der Waals surface area contributed by atoms with Crippen LogP contribution in [-0.2, 0) is 38.4 Å². The number of hydrogen-bond acceptors (Lipinski definition) is 19. The minimum atomic E-state index is -1.64. The third-order valence-electron chi connectivity index (χ3n) is 22.1. The van der Waals surface area contributed by atoms with E-state index in [0.29, 0.717) is 47.0 Å². The van der Waals surface area contributed by atoms with E-state index >= 15 is 0 Å². The molecule has 0 bridgehead atoms. The van der Waals surface area contributed by atoms with Crippen molar-refractivity contribution >= 4 is 89.4 Å². The molecule has 0 amide bonds. The lowest BCUT2D eigenvalue weighted by Crippen LogP contribution is -2.52.